The lowest BCUT2D eigenvalue weighted by molar-refractivity contribution is 0.0959. The third-order valence-corrected chi connectivity index (χ3v) is 8.62. The molecule has 250 valence electrons. The Morgan fingerprint density at radius 2 is 0.940 bits per heavy atom. The first-order valence-corrected chi connectivity index (χ1v) is 16.4. The summed E-state index contributed by atoms with van der Waals surface area (Å²) in [6.07, 6.45) is 0.249. The van der Waals surface area contributed by atoms with Crippen molar-refractivity contribution in [2.45, 2.75) is 20.0 Å². The number of rotatable bonds is 12. The Morgan fingerprint density at radius 3 is 1.36 bits per heavy atom. The number of aliphatic hydroxyl groups is 1. The lowest BCUT2D eigenvalue weighted by Gasteiger charge is -2.28. The van der Waals surface area contributed by atoms with E-state index in [4.69, 9.17) is 4.74 Å². The standard InChI is InChI=1S/C43H39N3O4/c1-30-4-14-35(15-5-30)45(36-16-6-31(7-17-36)28-42(48)33-10-12-34(13-11-33)43(49)44-2)38-20-22-39(23-21-38)46(37-18-8-32(29-47)9-19-37)40-24-26-41(50-3)27-25-40/h4-27,47H,28-29H2,1-3H3,(H,44,49). The predicted molar refractivity (Wildman–Crippen MR) is 201 cm³/mol. The van der Waals surface area contributed by atoms with Crippen molar-refractivity contribution in [2.24, 2.45) is 0 Å². The molecule has 0 saturated carbocycles. The number of aryl methyl sites for hydroxylation is 1. The molecular weight excluding hydrogens is 622 g/mol. The topological polar surface area (TPSA) is 82.1 Å². The van der Waals surface area contributed by atoms with E-state index in [-0.39, 0.29) is 24.7 Å². The smallest absolute Gasteiger partial charge is 0.251 e. The van der Waals surface area contributed by atoms with E-state index in [0.29, 0.717) is 11.1 Å². The van der Waals surface area contributed by atoms with Crippen molar-refractivity contribution in [1.29, 1.82) is 0 Å². The van der Waals surface area contributed by atoms with Gasteiger partial charge in [0.15, 0.2) is 5.78 Å². The summed E-state index contributed by atoms with van der Waals surface area (Å²) in [6.45, 7) is 2.06. The molecule has 6 aromatic carbocycles. The third-order valence-electron chi connectivity index (χ3n) is 8.62. The summed E-state index contributed by atoms with van der Waals surface area (Å²) in [5, 5.41) is 12.2. The van der Waals surface area contributed by atoms with Gasteiger partial charge in [-0.2, -0.15) is 0 Å². The molecule has 0 saturated heterocycles. The van der Waals surface area contributed by atoms with Crippen LogP contribution in [0.2, 0.25) is 0 Å². The van der Waals surface area contributed by atoms with Crippen LogP contribution in [-0.4, -0.2) is 31.0 Å². The van der Waals surface area contributed by atoms with Crippen LogP contribution in [0.1, 0.15) is 37.4 Å². The number of Topliss-reactive ketones (excluding diaryl/α,β-unsaturated/α-hetero) is 1. The highest BCUT2D eigenvalue weighted by atomic mass is 16.5. The lowest BCUT2D eigenvalue weighted by atomic mass is 10.0. The summed E-state index contributed by atoms with van der Waals surface area (Å²) in [5.41, 5.74) is 9.84. The average molecular weight is 662 g/mol. The van der Waals surface area contributed by atoms with Gasteiger partial charge in [0.2, 0.25) is 0 Å². The number of amides is 1. The molecule has 0 aromatic heterocycles. The van der Waals surface area contributed by atoms with Gasteiger partial charge in [-0.1, -0.05) is 54.1 Å². The van der Waals surface area contributed by atoms with Crippen LogP contribution in [0.25, 0.3) is 0 Å². The van der Waals surface area contributed by atoms with Gasteiger partial charge in [-0.3, -0.25) is 9.59 Å². The molecule has 1 amide bonds. The molecule has 0 radical (unpaired) electrons. The molecule has 0 aliphatic rings. The van der Waals surface area contributed by atoms with Crippen LogP contribution in [0.15, 0.2) is 146 Å². The molecule has 6 aromatic rings. The maximum atomic E-state index is 13.1. The molecule has 0 aliphatic heterocycles. The van der Waals surface area contributed by atoms with Crippen molar-refractivity contribution in [3.8, 4) is 5.75 Å². The first-order valence-electron chi connectivity index (χ1n) is 16.4. The molecule has 0 fully saturated rings. The van der Waals surface area contributed by atoms with E-state index in [1.165, 1.54) is 5.56 Å². The monoisotopic (exact) mass is 661 g/mol. The van der Waals surface area contributed by atoms with Gasteiger partial charge in [0.1, 0.15) is 5.75 Å². The number of aliphatic hydroxyl groups excluding tert-OH is 1. The van der Waals surface area contributed by atoms with Crippen LogP contribution < -0.4 is 19.9 Å². The second-order valence-corrected chi connectivity index (χ2v) is 12.0. The zero-order valence-corrected chi connectivity index (χ0v) is 28.3. The molecule has 2 N–H and O–H groups in total. The van der Waals surface area contributed by atoms with E-state index in [1.807, 2.05) is 72.8 Å². The van der Waals surface area contributed by atoms with Crippen molar-refractivity contribution in [1.82, 2.24) is 5.32 Å². The summed E-state index contributed by atoms with van der Waals surface area (Å²) in [6, 6.07) is 47.4. The Balaban J connectivity index is 1.30. The fraction of sp³-hybridized carbons (Fsp3) is 0.116. The molecule has 0 bridgehead atoms. The highest BCUT2D eigenvalue weighted by Gasteiger charge is 2.17. The number of methoxy groups -OCH3 is 1. The normalized spacial score (nSPS) is 10.7. The van der Waals surface area contributed by atoms with Crippen LogP contribution in [0, 0.1) is 6.92 Å². The molecule has 0 aliphatic carbocycles. The van der Waals surface area contributed by atoms with E-state index < -0.39 is 0 Å². The Labute approximate surface area is 293 Å². The van der Waals surface area contributed by atoms with E-state index in [0.717, 1.165) is 51.0 Å². The van der Waals surface area contributed by atoms with Gasteiger partial charge >= 0.3 is 0 Å². The van der Waals surface area contributed by atoms with Gasteiger partial charge < -0.3 is 25.0 Å². The van der Waals surface area contributed by atoms with Gasteiger partial charge in [-0.05, 0) is 115 Å². The third kappa shape index (κ3) is 7.59. The van der Waals surface area contributed by atoms with Gasteiger partial charge in [0.25, 0.3) is 5.91 Å². The highest BCUT2D eigenvalue weighted by Crippen LogP contribution is 2.39. The molecule has 0 heterocycles. The van der Waals surface area contributed by atoms with Crippen molar-refractivity contribution >= 4 is 45.8 Å². The summed E-state index contributed by atoms with van der Waals surface area (Å²) in [5.74, 6) is 0.579. The zero-order valence-electron chi connectivity index (χ0n) is 28.3. The number of benzene rings is 6. The SMILES string of the molecule is CNC(=O)c1ccc(C(=O)Cc2ccc(N(c3ccc(C)cc3)c3ccc(N(c4ccc(CO)cc4)c4ccc(OC)cc4)cc3)cc2)cc1. The van der Waals surface area contributed by atoms with Crippen molar-refractivity contribution < 1.29 is 19.4 Å². The van der Waals surface area contributed by atoms with Gasteiger partial charge in [-0.25, -0.2) is 0 Å². The van der Waals surface area contributed by atoms with E-state index in [2.05, 4.69) is 70.6 Å². The summed E-state index contributed by atoms with van der Waals surface area (Å²) in [7, 11) is 3.24. The maximum absolute atomic E-state index is 13.1. The maximum Gasteiger partial charge on any atom is 0.251 e. The van der Waals surface area contributed by atoms with Gasteiger partial charge in [0, 0.05) is 58.7 Å². The quantitative estimate of drug-likeness (QED) is 0.127. The highest BCUT2D eigenvalue weighted by molar-refractivity contribution is 5.99. The molecule has 0 spiro atoms. The van der Waals surface area contributed by atoms with Crippen LogP contribution >= 0.6 is 0 Å². The lowest BCUT2D eigenvalue weighted by Crippen LogP contribution is -2.17. The van der Waals surface area contributed by atoms with Crippen LogP contribution in [0.4, 0.5) is 34.1 Å². The summed E-state index contributed by atoms with van der Waals surface area (Å²) < 4.78 is 5.40. The summed E-state index contributed by atoms with van der Waals surface area (Å²) >= 11 is 0. The molecular formula is C43H39N3O4. The predicted octanol–water partition coefficient (Wildman–Crippen LogP) is 9.22. The Bertz CT molecular complexity index is 1990. The van der Waals surface area contributed by atoms with Gasteiger partial charge in [0.05, 0.1) is 13.7 Å². The van der Waals surface area contributed by atoms with Crippen LogP contribution in [0.5, 0.6) is 5.75 Å². The largest absolute Gasteiger partial charge is 0.497 e. The van der Waals surface area contributed by atoms with E-state index in [1.54, 1.807) is 38.4 Å². The van der Waals surface area contributed by atoms with E-state index >= 15 is 0 Å². The molecule has 50 heavy (non-hydrogen) atoms. The molecule has 0 atom stereocenters. The minimum Gasteiger partial charge on any atom is -0.497 e. The Morgan fingerprint density at radius 1 is 0.560 bits per heavy atom. The van der Waals surface area contributed by atoms with Crippen molar-refractivity contribution in [3.63, 3.8) is 0 Å². The molecule has 7 heteroatoms. The molecule has 0 unspecified atom stereocenters. The van der Waals surface area contributed by atoms with E-state index in [9.17, 15) is 14.7 Å². The second-order valence-electron chi connectivity index (χ2n) is 12.0. The van der Waals surface area contributed by atoms with Crippen LogP contribution in [0.3, 0.4) is 0 Å². The number of nitrogens with zero attached hydrogens (tertiary/aromatic N) is 2. The first kappa shape index (κ1) is 33.7. The zero-order chi connectivity index (χ0) is 35.0. The second kappa shape index (κ2) is 15.4. The number of ether oxygens (including phenoxy) is 1. The number of carbonyl (C=O) groups excluding carboxylic acids is 2. The number of ketones is 1. The molecule has 7 nitrogen and oxygen atoms in total. The molecule has 6 rings (SSSR count). The number of nitrogens with one attached hydrogen (secondary N) is 1. The number of anilines is 6. The number of hydrogen-bond donors (Lipinski definition) is 2. The number of hydrogen-bond acceptors (Lipinski definition) is 6. The van der Waals surface area contributed by atoms with Gasteiger partial charge in [-0.15, -0.1) is 0 Å². The minimum absolute atomic E-state index is 0.0143. The summed E-state index contributed by atoms with van der Waals surface area (Å²) in [4.78, 5) is 29.3. The van der Waals surface area contributed by atoms with Crippen molar-refractivity contribution in [3.05, 3.63) is 173 Å². The minimum atomic E-state index is -0.185. The first-order chi connectivity index (χ1) is 24.4. The van der Waals surface area contributed by atoms with Crippen molar-refractivity contribution in [2.75, 3.05) is 24.0 Å². The Hall–Kier alpha value is -6.18. The van der Waals surface area contributed by atoms with Crippen LogP contribution in [-0.2, 0) is 13.0 Å². The fourth-order valence-corrected chi connectivity index (χ4v) is 5.82. The average Bonchev–Trinajstić information content (AvgIpc) is 3.17. The fourth-order valence-electron chi connectivity index (χ4n) is 5.82. The number of carbonyl (C=O) groups is 2. The Kier molecular flexibility index (Phi) is 10.4.